The van der Waals surface area contributed by atoms with Gasteiger partial charge in [-0.3, -0.25) is 10.1 Å². The molecule has 7 heteroatoms. The molecule has 6 nitrogen and oxygen atoms in total. The van der Waals surface area contributed by atoms with E-state index in [1.165, 1.54) is 12.3 Å². The van der Waals surface area contributed by atoms with Gasteiger partial charge in [-0.25, -0.2) is 9.97 Å². The van der Waals surface area contributed by atoms with Crippen LogP contribution in [0.3, 0.4) is 0 Å². The minimum Gasteiger partial charge on any atom is -0.319 e. The molecule has 0 aromatic carbocycles. The summed E-state index contributed by atoms with van der Waals surface area (Å²) >= 11 is 3.15. The van der Waals surface area contributed by atoms with Crippen molar-refractivity contribution < 1.29 is 4.92 Å². The number of hydrogen-bond donors (Lipinski definition) is 1. The van der Waals surface area contributed by atoms with Crippen molar-refractivity contribution in [3.05, 3.63) is 50.7 Å². The molecule has 2 aromatic heterocycles. The smallest absolute Gasteiger partial charge is 0.312 e. The van der Waals surface area contributed by atoms with Gasteiger partial charge in [-0.15, -0.1) is 0 Å². The molecule has 2 aromatic rings. The molecule has 0 aliphatic rings. The summed E-state index contributed by atoms with van der Waals surface area (Å²) in [6.07, 6.45) is 3.12. The van der Waals surface area contributed by atoms with Crippen LogP contribution in [0.15, 0.2) is 35.1 Å². The average Bonchev–Trinajstić information content (AvgIpc) is 2.31. The Labute approximate surface area is 111 Å². The van der Waals surface area contributed by atoms with E-state index in [0.717, 1.165) is 5.56 Å². The summed E-state index contributed by atoms with van der Waals surface area (Å²) < 4.78 is 0.553. The molecule has 0 atom stereocenters. The van der Waals surface area contributed by atoms with Crippen molar-refractivity contribution in [2.24, 2.45) is 0 Å². The van der Waals surface area contributed by atoms with E-state index in [2.05, 4.69) is 31.2 Å². The predicted molar refractivity (Wildman–Crippen MR) is 70.8 cm³/mol. The lowest BCUT2D eigenvalue weighted by molar-refractivity contribution is -0.384. The molecule has 0 radical (unpaired) electrons. The van der Waals surface area contributed by atoms with E-state index in [-0.39, 0.29) is 11.5 Å². The van der Waals surface area contributed by atoms with Crippen LogP contribution in [-0.2, 0) is 0 Å². The van der Waals surface area contributed by atoms with E-state index in [1.54, 1.807) is 12.3 Å². The predicted octanol–water partition coefficient (Wildman–Crippen LogP) is 3.20. The van der Waals surface area contributed by atoms with Crippen LogP contribution in [0.2, 0.25) is 0 Å². The highest BCUT2D eigenvalue weighted by molar-refractivity contribution is 9.10. The van der Waals surface area contributed by atoms with Crippen molar-refractivity contribution in [1.29, 1.82) is 0 Å². The topological polar surface area (TPSA) is 81.0 Å². The van der Waals surface area contributed by atoms with Crippen molar-refractivity contribution in [2.45, 2.75) is 6.92 Å². The largest absolute Gasteiger partial charge is 0.319 e. The van der Waals surface area contributed by atoms with Gasteiger partial charge >= 0.3 is 5.69 Å². The number of rotatable bonds is 3. The summed E-state index contributed by atoms with van der Waals surface area (Å²) in [6, 6.07) is 5.02. The zero-order valence-electron chi connectivity index (χ0n) is 9.42. The fourth-order valence-electron chi connectivity index (χ4n) is 1.39. The van der Waals surface area contributed by atoms with Gasteiger partial charge in [0.15, 0.2) is 0 Å². The van der Waals surface area contributed by atoms with E-state index < -0.39 is 4.92 Å². The highest BCUT2D eigenvalue weighted by Crippen LogP contribution is 2.27. The second-order valence-corrected chi connectivity index (χ2v) is 4.54. The molecule has 0 saturated carbocycles. The standard InChI is InChI=1S/C11H9BrN4O2/c1-7-2-3-13-10(4-7)15-11-9(16(17)18)5-8(12)6-14-11/h2-6H,1H3,(H,13,14,15). The molecule has 0 aliphatic carbocycles. The number of aryl methyl sites for hydroxylation is 1. The van der Waals surface area contributed by atoms with Crippen molar-refractivity contribution in [2.75, 3.05) is 5.32 Å². The number of pyridine rings is 2. The number of hydrogen-bond acceptors (Lipinski definition) is 5. The molecule has 0 unspecified atom stereocenters. The van der Waals surface area contributed by atoms with Gasteiger partial charge in [0.2, 0.25) is 5.82 Å². The molecule has 0 bridgehead atoms. The fourth-order valence-corrected chi connectivity index (χ4v) is 1.71. The quantitative estimate of drug-likeness (QED) is 0.695. The van der Waals surface area contributed by atoms with Crippen LogP contribution in [0, 0.1) is 17.0 Å². The first-order valence-corrected chi connectivity index (χ1v) is 5.85. The molecular weight excluding hydrogens is 300 g/mol. The first kappa shape index (κ1) is 12.4. The molecule has 0 amide bonds. The van der Waals surface area contributed by atoms with Gasteiger partial charge in [0.05, 0.1) is 4.92 Å². The molecule has 92 valence electrons. The number of nitro groups is 1. The van der Waals surface area contributed by atoms with Crippen LogP contribution in [0.1, 0.15) is 5.56 Å². The Morgan fingerprint density at radius 1 is 1.39 bits per heavy atom. The highest BCUT2D eigenvalue weighted by atomic mass is 79.9. The lowest BCUT2D eigenvalue weighted by Gasteiger charge is -2.05. The van der Waals surface area contributed by atoms with Gasteiger partial charge < -0.3 is 5.32 Å². The minimum absolute atomic E-state index is 0.104. The zero-order valence-corrected chi connectivity index (χ0v) is 11.0. The monoisotopic (exact) mass is 308 g/mol. The third-order valence-corrected chi connectivity index (χ3v) is 2.63. The van der Waals surface area contributed by atoms with Crippen LogP contribution in [0.5, 0.6) is 0 Å². The maximum atomic E-state index is 10.9. The van der Waals surface area contributed by atoms with E-state index in [9.17, 15) is 10.1 Å². The van der Waals surface area contributed by atoms with Crippen LogP contribution < -0.4 is 5.32 Å². The molecule has 0 fully saturated rings. The highest BCUT2D eigenvalue weighted by Gasteiger charge is 2.16. The van der Waals surface area contributed by atoms with Crippen LogP contribution in [-0.4, -0.2) is 14.9 Å². The molecule has 0 aliphatic heterocycles. The average molecular weight is 309 g/mol. The molecule has 18 heavy (non-hydrogen) atoms. The number of nitrogens with zero attached hydrogens (tertiary/aromatic N) is 3. The molecular formula is C11H9BrN4O2. The Hall–Kier alpha value is -2.02. The van der Waals surface area contributed by atoms with E-state index in [0.29, 0.717) is 10.3 Å². The fraction of sp³-hybridized carbons (Fsp3) is 0.0909. The third-order valence-electron chi connectivity index (χ3n) is 2.19. The molecule has 1 N–H and O–H groups in total. The third kappa shape index (κ3) is 2.80. The van der Waals surface area contributed by atoms with Crippen molar-refractivity contribution in [3.63, 3.8) is 0 Å². The first-order chi connectivity index (χ1) is 8.56. The summed E-state index contributed by atoms with van der Waals surface area (Å²) in [5.74, 6) is 0.689. The van der Waals surface area contributed by atoms with E-state index in [1.807, 2.05) is 13.0 Å². The maximum Gasteiger partial charge on any atom is 0.312 e. The SMILES string of the molecule is Cc1ccnc(Nc2ncc(Br)cc2[N+](=O)[O-])c1. The zero-order chi connectivity index (χ0) is 13.1. The minimum atomic E-state index is -0.490. The Kier molecular flexibility index (Phi) is 3.52. The van der Waals surface area contributed by atoms with E-state index >= 15 is 0 Å². The second-order valence-electron chi connectivity index (χ2n) is 3.62. The van der Waals surface area contributed by atoms with Gasteiger partial charge in [-0.1, -0.05) is 0 Å². The summed E-state index contributed by atoms with van der Waals surface area (Å²) in [7, 11) is 0. The van der Waals surface area contributed by atoms with Gasteiger partial charge in [-0.05, 0) is 40.5 Å². The van der Waals surface area contributed by atoms with E-state index in [4.69, 9.17) is 0 Å². The Balaban J connectivity index is 2.37. The number of nitrogens with one attached hydrogen (secondary N) is 1. The van der Waals surface area contributed by atoms with Crippen LogP contribution in [0.25, 0.3) is 0 Å². The normalized spacial score (nSPS) is 10.1. The molecule has 2 heterocycles. The van der Waals surface area contributed by atoms with Gasteiger partial charge in [0.1, 0.15) is 5.82 Å². The summed E-state index contributed by atoms with van der Waals surface area (Å²) in [5.41, 5.74) is 0.903. The molecule has 2 rings (SSSR count). The maximum absolute atomic E-state index is 10.9. The van der Waals surface area contributed by atoms with Gasteiger partial charge in [-0.2, -0.15) is 0 Å². The van der Waals surface area contributed by atoms with Crippen LogP contribution >= 0.6 is 15.9 Å². The summed E-state index contributed by atoms with van der Waals surface area (Å²) in [4.78, 5) is 18.5. The number of aromatic nitrogens is 2. The Bertz CT molecular complexity index is 603. The number of anilines is 2. The van der Waals surface area contributed by atoms with Crippen molar-refractivity contribution in [1.82, 2.24) is 9.97 Å². The lowest BCUT2D eigenvalue weighted by Crippen LogP contribution is -2.01. The van der Waals surface area contributed by atoms with Gasteiger partial charge in [0.25, 0.3) is 0 Å². The Morgan fingerprint density at radius 3 is 2.83 bits per heavy atom. The van der Waals surface area contributed by atoms with Crippen molar-refractivity contribution in [3.8, 4) is 0 Å². The second kappa shape index (κ2) is 5.09. The summed E-state index contributed by atoms with van der Waals surface area (Å²) in [6.45, 7) is 1.91. The first-order valence-electron chi connectivity index (χ1n) is 5.06. The summed E-state index contributed by atoms with van der Waals surface area (Å²) in [5, 5.41) is 13.8. The van der Waals surface area contributed by atoms with Gasteiger partial charge in [0, 0.05) is 22.9 Å². The van der Waals surface area contributed by atoms with Crippen molar-refractivity contribution >= 4 is 33.3 Å². The number of halogens is 1. The Morgan fingerprint density at radius 2 is 2.17 bits per heavy atom. The van der Waals surface area contributed by atoms with Crippen LogP contribution in [0.4, 0.5) is 17.3 Å². The molecule has 0 saturated heterocycles. The lowest BCUT2D eigenvalue weighted by atomic mass is 10.3. The molecule has 0 spiro atoms.